The van der Waals surface area contributed by atoms with E-state index in [9.17, 15) is 4.79 Å². The number of hydrogen-bond donors (Lipinski definition) is 3. The van der Waals surface area contributed by atoms with E-state index in [1.807, 2.05) is 25.1 Å². The Bertz CT molecular complexity index is 841. The zero-order chi connectivity index (χ0) is 15.0. The Morgan fingerprint density at radius 1 is 1.33 bits per heavy atom. The van der Waals surface area contributed by atoms with Crippen LogP contribution in [0.3, 0.4) is 0 Å². The molecule has 5 nitrogen and oxygen atoms in total. The molecule has 0 spiro atoms. The van der Waals surface area contributed by atoms with Crippen molar-refractivity contribution >= 4 is 44.1 Å². The lowest BCUT2D eigenvalue weighted by atomic mass is 10.1. The van der Waals surface area contributed by atoms with E-state index in [0.717, 1.165) is 15.6 Å². The predicted octanol–water partition coefficient (Wildman–Crippen LogP) is 3.47. The predicted molar refractivity (Wildman–Crippen MR) is 87.3 cm³/mol. The molecule has 1 amide bonds. The highest BCUT2D eigenvalue weighted by molar-refractivity contribution is 9.10. The van der Waals surface area contributed by atoms with Crippen LogP contribution < -0.4 is 11.1 Å². The van der Waals surface area contributed by atoms with Crippen LogP contribution in [0.25, 0.3) is 10.9 Å². The molecule has 0 saturated heterocycles. The molecule has 0 unspecified atom stereocenters. The summed E-state index contributed by atoms with van der Waals surface area (Å²) in [5.74, 6) is -0.279. The third-order valence-corrected chi connectivity index (χ3v) is 4.29. The van der Waals surface area contributed by atoms with E-state index in [2.05, 4.69) is 31.4 Å². The smallest absolute Gasteiger partial charge is 0.276 e. The molecule has 3 aromatic rings. The maximum Gasteiger partial charge on any atom is 0.276 e. The molecule has 106 valence electrons. The lowest BCUT2D eigenvalue weighted by Crippen LogP contribution is -2.13. The Hall–Kier alpha value is -2.34. The van der Waals surface area contributed by atoms with Gasteiger partial charge in [0.1, 0.15) is 0 Å². The number of nitrogens with zero attached hydrogens (tertiary/aromatic N) is 1. The normalized spacial score (nSPS) is 10.8. The SMILES string of the molecule is Cc1cccc(NC(=O)c2n[nH]c3ccc(N)cc23)c1Br. The van der Waals surface area contributed by atoms with E-state index >= 15 is 0 Å². The van der Waals surface area contributed by atoms with Crippen LogP contribution >= 0.6 is 15.9 Å². The molecule has 0 saturated carbocycles. The van der Waals surface area contributed by atoms with Crippen molar-refractivity contribution in [1.82, 2.24) is 10.2 Å². The number of nitrogens with two attached hydrogens (primary N) is 1. The van der Waals surface area contributed by atoms with Crippen LogP contribution in [0.15, 0.2) is 40.9 Å². The second kappa shape index (κ2) is 5.21. The van der Waals surface area contributed by atoms with Crippen LogP contribution in [0.2, 0.25) is 0 Å². The molecule has 0 radical (unpaired) electrons. The fourth-order valence-electron chi connectivity index (χ4n) is 2.13. The summed E-state index contributed by atoms with van der Waals surface area (Å²) in [6.45, 7) is 1.96. The molecule has 0 aliphatic carbocycles. The lowest BCUT2D eigenvalue weighted by molar-refractivity contribution is 0.102. The number of amides is 1. The van der Waals surface area contributed by atoms with Gasteiger partial charge in [0.25, 0.3) is 5.91 Å². The summed E-state index contributed by atoms with van der Waals surface area (Å²) >= 11 is 3.47. The molecule has 4 N–H and O–H groups in total. The van der Waals surface area contributed by atoms with E-state index in [1.165, 1.54) is 0 Å². The molecule has 0 aliphatic heterocycles. The zero-order valence-electron chi connectivity index (χ0n) is 11.3. The molecule has 0 aliphatic rings. The molecule has 3 rings (SSSR count). The first-order valence-electron chi connectivity index (χ1n) is 6.36. The Morgan fingerprint density at radius 2 is 2.14 bits per heavy atom. The number of aromatic nitrogens is 2. The summed E-state index contributed by atoms with van der Waals surface area (Å²) in [4.78, 5) is 12.4. The van der Waals surface area contributed by atoms with E-state index in [4.69, 9.17) is 5.73 Å². The number of aromatic amines is 1. The standard InChI is InChI=1S/C15H13BrN4O/c1-8-3-2-4-12(13(8)16)18-15(21)14-10-7-9(17)5-6-11(10)19-20-14/h2-7H,17H2,1H3,(H,18,21)(H,19,20). The van der Waals surface area contributed by atoms with Gasteiger partial charge >= 0.3 is 0 Å². The Kier molecular flexibility index (Phi) is 3.39. The monoisotopic (exact) mass is 344 g/mol. The maximum atomic E-state index is 12.4. The number of aryl methyl sites for hydroxylation is 1. The minimum Gasteiger partial charge on any atom is -0.399 e. The molecule has 0 fully saturated rings. The van der Waals surface area contributed by atoms with Crippen molar-refractivity contribution in [1.29, 1.82) is 0 Å². The number of anilines is 2. The second-order valence-electron chi connectivity index (χ2n) is 4.77. The van der Waals surface area contributed by atoms with Crippen molar-refractivity contribution in [2.75, 3.05) is 11.1 Å². The number of nitrogen functional groups attached to an aromatic ring is 1. The summed E-state index contributed by atoms with van der Waals surface area (Å²) in [7, 11) is 0. The molecule has 6 heteroatoms. The minimum absolute atomic E-state index is 0.279. The van der Waals surface area contributed by atoms with Crippen molar-refractivity contribution in [2.45, 2.75) is 6.92 Å². The van der Waals surface area contributed by atoms with Crippen LogP contribution in [0.1, 0.15) is 16.1 Å². The highest BCUT2D eigenvalue weighted by atomic mass is 79.9. The van der Waals surface area contributed by atoms with E-state index < -0.39 is 0 Å². The van der Waals surface area contributed by atoms with Crippen LogP contribution in [0, 0.1) is 6.92 Å². The van der Waals surface area contributed by atoms with Crippen molar-refractivity contribution in [2.24, 2.45) is 0 Å². The maximum absolute atomic E-state index is 12.4. The lowest BCUT2D eigenvalue weighted by Gasteiger charge is -2.08. The molecule has 1 aromatic heterocycles. The van der Waals surface area contributed by atoms with Crippen LogP contribution in [0.5, 0.6) is 0 Å². The van der Waals surface area contributed by atoms with Gasteiger partial charge in [-0.2, -0.15) is 5.10 Å². The number of H-pyrrole nitrogens is 1. The summed E-state index contributed by atoms with van der Waals surface area (Å²) in [5, 5.41) is 10.5. The summed E-state index contributed by atoms with van der Waals surface area (Å²) in [5.41, 5.74) is 9.21. The van der Waals surface area contributed by atoms with Crippen LogP contribution in [0.4, 0.5) is 11.4 Å². The number of benzene rings is 2. The van der Waals surface area contributed by atoms with E-state index in [-0.39, 0.29) is 5.91 Å². The van der Waals surface area contributed by atoms with Gasteiger partial charge < -0.3 is 11.1 Å². The third-order valence-electron chi connectivity index (χ3n) is 3.24. The fourth-order valence-corrected chi connectivity index (χ4v) is 2.49. The Balaban J connectivity index is 1.97. The number of fused-ring (bicyclic) bond motifs is 1. The number of halogens is 1. The number of rotatable bonds is 2. The topological polar surface area (TPSA) is 83.8 Å². The van der Waals surface area contributed by atoms with Gasteiger partial charge in [-0.25, -0.2) is 0 Å². The van der Waals surface area contributed by atoms with Crippen LogP contribution in [-0.4, -0.2) is 16.1 Å². The average molecular weight is 345 g/mol. The van der Waals surface area contributed by atoms with Crippen LogP contribution in [-0.2, 0) is 0 Å². The zero-order valence-corrected chi connectivity index (χ0v) is 12.9. The van der Waals surface area contributed by atoms with Gasteiger partial charge in [-0.15, -0.1) is 0 Å². The number of hydrogen-bond acceptors (Lipinski definition) is 3. The fraction of sp³-hybridized carbons (Fsp3) is 0.0667. The van der Waals surface area contributed by atoms with Gasteiger partial charge in [0.2, 0.25) is 0 Å². The Morgan fingerprint density at radius 3 is 2.95 bits per heavy atom. The van der Waals surface area contributed by atoms with Gasteiger partial charge in [-0.05, 0) is 52.7 Å². The first-order chi connectivity index (χ1) is 10.1. The highest BCUT2D eigenvalue weighted by Crippen LogP contribution is 2.27. The van der Waals surface area contributed by atoms with Crippen molar-refractivity contribution in [3.05, 3.63) is 52.1 Å². The van der Waals surface area contributed by atoms with Gasteiger partial charge in [0.15, 0.2) is 5.69 Å². The van der Waals surface area contributed by atoms with Gasteiger partial charge in [0, 0.05) is 15.5 Å². The molecule has 2 aromatic carbocycles. The molecular weight excluding hydrogens is 332 g/mol. The largest absolute Gasteiger partial charge is 0.399 e. The minimum atomic E-state index is -0.279. The van der Waals surface area contributed by atoms with Crippen molar-refractivity contribution in [3.63, 3.8) is 0 Å². The van der Waals surface area contributed by atoms with Crippen molar-refractivity contribution in [3.8, 4) is 0 Å². The van der Waals surface area contributed by atoms with Gasteiger partial charge in [-0.1, -0.05) is 12.1 Å². The van der Waals surface area contributed by atoms with Crippen molar-refractivity contribution < 1.29 is 4.79 Å². The molecule has 0 atom stereocenters. The van der Waals surface area contributed by atoms with Gasteiger partial charge in [-0.3, -0.25) is 9.89 Å². The van der Waals surface area contributed by atoms with E-state index in [1.54, 1.807) is 18.2 Å². The Labute approximate surface area is 129 Å². The summed E-state index contributed by atoms with van der Waals surface area (Å²) in [6.07, 6.45) is 0. The number of nitrogens with one attached hydrogen (secondary N) is 2. The molecule has 21 heavy (non-hydrogen) atoms. The summed E-state index contributed by atoms with van der Waals surface area (Å²) in [6, 6.07) is 11.0. The van der Waals surface area contributed by atoms with E-state index in [0.29, 0.717) is 22.5 Å². The van der Waals surface area contributed by atoms with Gasteiger partial charge in [0.05, 0.1) is 11.2 Å². The molecule has 1 heterocycles. The quantitative estimate of drug-likeness (QED) is 0.622. The number of carbonyl (C=O) groups is 1. The number of carbonyl (C=O) groups excluding carboxylic acids is 1. The first-order valence-corrected chi connectivity index (χ1v) is 7.15. The third kappa shape index (κ3) is 2.50. The highest BCUT2D eigenvalue weighted by Gasteiger charge is 2.15. The first kappa shape index (κ1) is 13.6. The molecule has 0 bridgehead atoms. The average Bonchev–Trinajstić information content (AvgIpc) is 2.87. The summed E-state index contributed by atoms with van der Waals surface area (Å²) < 4.78 is 0.859. The second-order valence-corrected chi connectivity index (χ2v) is 5.56. The molecular formula is C15H13BrN4O.